The molecule has 3 nitrogen and oxygen atoms in total. The van der Waals surface area contributed by atoms with Crippen molar-refractivity contribution in [3.63, 3.8) is 0 Å². The number of benzene rings is 2. The standard InChI is InChI=1S/C20H20FN3S/c1-4-22-20-24(23-12-16-10-9-14(2)11-15(16)3)19(13-25-20)17-7-5-6-8-18(17)21/h5-13H,4H2,1-3H3. The maximum Gasteiger partial charge on any atom is 0.206 e. The summed E-state index contributed by atoms with van der Waals surface area (Å²) < 4.78 is 15.9. The smallest absolute Gasteiger partial charge is 0.206 e. The summed E-state index contributed by atoms with van der Waals surface area (Å²) in [4.78, 5) is 5.23. The van der Waals surface area contributed by atoms with Crippen LogP contribution in [0.25, 0.3) is 11.3 Å². The van der Waals surface area contributed by atoms with Crippen molar-refractivity contribution in [2.75, 3.05) is 6.54 Å². The molecular formula is C20H20FN3S. The number of rotatable bonds is 4. The third kappa shape index (κ3) is 3.77. The first-order chi connectivity index (χ1) is 12.1. The Morgan fingerprint density at radius 3 is 2.68 bits per heavy atom. The van der Waals surface area contributed by atoms with Crippen LogP contribution in [-0.4, -0.2) is 17.4 Å². The minimum Gasteiger partial charge on any atom is -0.258 e. The van der Waals surface area contributed by atoms with Gasteiger partial charge in [0.1, 0.15) is 5.82 Å². The predicted octanol–water partition coefficient (Wildman–Crippen LogP) is 4.78. The highest BCUT2D eigenvalue weighted by molar-refractivity contribution is 7.07. The van der Waals surface area contributed by atoms with Crippen LogP contribution in [0, 0.1) is 19.7 Å². The fraction of sp³-hybridized carbons (Fsp3) is 0.200. The third-order valence-electron chi connectivity index (χ3n) is 3.87. The second kappa shape index (κ2) is 7.57. The van der Waals surface area contributed by atoms with E-state index in [9.17, 15) is 4.39 Å². The zero-order valence-corrected chi connectivity index (χ0v) is 15.3. The molecule has 0 unspecified atom stereocenters. The number of nitrogens with zero attached hydrogens (tertiary/aromatic N) is 3. The van der Waals surface area contributed by atoms with Gasteiger partial charge < -0.3 is 0 Å². The minimum atomic E-state index is -0.265. The van der Waals surface area contributed by atoms with Gasteiger partial charge in [0.25, 0.3) is 0 Å². The Balaban J connectivity index is 2.11. The summed E-state index contributed by atoms with van der Waals surface area (Å²) in [6.45, 7) is 6.74. The molecule has 3 aromatic rings. The number of aryl methyl sites for hydroxylation is 2. The van der Waals surface area contributed by atoms with E-state index in [4.69, 9.17) is 0 Å². The molecule has 0 saturated carbocycles. The summed E-state index contributed by atoms with van der Waals surface area (Å²) >= 11 is 1.46. The fourth-order valence-electron chi connectivity index (χ4n) is 2.60. The molecule has 1 aromatic heterocycles. The van der Waals surface area contributed by atoms with Crippen molar-refractivity contribution in [1.82, 2.24) is 4.68 Å². The average Bonchev–Trinajstić information content (AvgIpc) is 2.97. The van der Waals surface area contributed by atoms with Crippen LogP contribution in [0.2, 0.25) is 0 Å². The summed E-state index contributed by atoms with van der Waals surface area (Å²) in [6.07, 6.45) is 1.81. The third-order valence-corrected chi connectivity index (χ3v) is 4.72. The first-order valence-corrected chi connectivity index (χ1v) is 9.05. The van der Waals surface area contributed by atoms with Gasteiger partial charge in [0.2, 0.25) is 4.80 Å². The van der Waals surface area contributed by atoms with Crippen LogP contribution in [-0.2, 0) is 0 Å². The number of aromatic nitrogens is 1. The van der Waals surface area contributed by atoms with Crippen molar-refractivity contribution in [3.05, 3.63) is 75.2 Å². The van der Waals surface area contributed by atoms with Crippen LogP contribution >= 0.6 is 11.3 Å². The average molecular weight is 353 g/mol. The lowest BCUT2D eigenvalue weighted by Crippen LogP contribution is -2.12. The molecular weight excluding hydrogens is 333 g/mol. The van der Waals surface area contributed by atoms with Crippen molar-refractivity contribution >= 4 is 17.6 Å². The van der Waals surface area contributed by atoms with Gasteiger partial charge in [-0.05, 0) is 44.0 Å². The van der Waals surface area contributed by atoms with Gasteiger partial charge >= 0.3 is 0 Å². The van der Waals surface area contributed by atoms with Gasteiger partial charge in [-0.1, -0.05) is 35.9 Å². The van der Waals surface area contributed by atoms with Gasteiger partial charge in [-0.15, -0.1) is 11.3 Å². The van der Waals surface area contributed by atoms with Crippen LogP contribution in [0.1, 0.15) is 23.6 Å². The van der Waals surface area contributed by atoms with Crippen LogP contribution in [0.15, 0.2) is 57.9 Å². The molecule has 25 heavy (non-hydrogen) atoms. The minimum absolute atomic E-state index is 0.265. The van der Waals surface area contributed by atoms with E-state index in [1.54, 1.807) is 23.0 Å². The van der Waals surface area contributed by atoms with Gasteiger partial charge in [-0.2, -0.15) is 5.10 Å². The summed E-state index contributed by atoms with van der Waals surface area (Å²) in [5.41, 5.74) is 4.63. The molecule has 0 aliphatic carbocycles. The zero-order chi connectivity index (χ0) is 17.8. The van der Waals surface area contributed by atoms with E-state index in [0.29, 0.717) is 17.8 Å². The molecule has 0 aliphatic heterocycles. The largest absolute Gasteiger partial charge is 0.258 e. The zero-order valence-electron chi connectivity index (χ0n) is 14.5. The number of thiazole rings is 1. The van der Waals surface area contributed by atoms with Gasteiger partial charge in [-0.25, -0.2) is 9.07 Å². The Labute approximate surface area is 150 Å². The Morgan fingerprint density at radius 1 is 1.16 bits per heavy atom. The lowest BCUT2D eigenvalue weighted by Gasteiger charge is -2.05. The Morgan fingerprint density at radius 2 is 1.96 bits per heavy atom. The second-order valence-electron chi connectivity index (χ2n) is 5.77. The van der Waals surface area contributed by atoms with E-state index >= 15 is 0 Å². The molecule has 0 aliphatic rings. The van der Waals surface area contributed by atoms with Crippen molar-refractivity contribution in [3.8, 4) is 11.3 Å². The summed E-state index contributed by atoms with van der Waals surface area (Å²) in [5, 5.41) is 6.50. The first-order valence-electron chi connectivity index (χ1n) is 8.17. The van der Waals surface area contributed by atoms with E-state index in [1.807, 2.05) is 24.4 Å². The van der Waals surface area contributed by atoms with Crippen LogP contribution in [0.3, 0.4) is 0 Å². The molecule has 0 spiro atoms. The van der Waals surface area contributed by atoms with E-state index in [-0.39, 0.29) is 5.82 Å². The molecule has 0 N–H and O–H groups in total. The maximum atomic E-state index is 14.2. The van der Waals surface area contributed by atoms with Crippen molar-refractivity contribution in [2.24, 2.45) is 10.1 Å². The summed E-state index contributed by atoms with van der Waals surface area (Å²) in [5.74, 6) is -0.265. The molecule has 5 heteroatoms. The molecule has 0 radical (unpaired) electrons. The van der Waals surface area contributed by atoms with Gasteiger partial charge in [0, 0.05) is 17.5 Å². The van der Waals surface area contributed by atoms with Crippen molar-refractivity contribution in [2.45, 2.75) is 20.8 Å². The molecule has 1 heterocycles. The van der Waals surface area contributed by atoms with Gasteiger partial charge in [0.05, 0.1) is 11.9 Å². The normalized spacial score (nSPS) is 12.2. The van der Waals surface area contributed by atoms with Crippen LogP contribution in [0.5, 0.6) is 0 Å². The fourth-order valence-corrected chi connectivity index (χ4v) is 3.49. The van der Waals surface area contributed by atoms with Gasteiger partial charge in [0.15, 0.2) is 0 Å². The maximum absolute atomic E-state index is 14.2. The molecule has 2 aromatic carbocycles. The van der Waals surface area contributed by atoms with Crippen LogP contribution < -0.4 is 4.80 Å². The molecule has 0 bridgehead atoms. The van der Waals surface area contributed by atoms with Crippen molar-refractivity contribution in [1.29, 1.82) is 0 Å². The number of halogens is 1. The predicted molar refractivity (Wildman–Crippen MR) is 103 cm³/mol. The highest BCUT2D eigenvalue weighted by atomic mass is 32.1. The SMILES string of the molecule is CCN=c1scc(-c2ccccc2F)n1N=Cc1ccc(C)cc1C. The van der Waals surface area contributed by atoms with Crippen LogP contribution in [0.4, 0.5) is 4.39 Å². The molecule has 0 saturated heterocycles. The van der Waals surface area contributed by atoms with E-state index in [2.05, 4.69) is 36.1 Å². The molecule has 3 rings (SSSR count). The number of hydrogen-bond donors (Lipinski definition) is 0. The van der Waals surface area contributed by atoms with E-state index < -0.39 is 0 Å². The quantitative estimate of drug-likeness (QED) is 0.605. The molecule has 0 fully saturated rings. The lowest BCUT2D eigenvalue weighted by atomic mass is 10.1. The van der Waals surface area contributed by atoms with E-state index in [1.165, 1.54) is 23.0 Å². The molecule has 0 amide bonds. The second-order valence-corrected chi connectivity index (χ2v) is 6.61. The summed E-state index contributed by atoms with van der Waals surface area (Å²) in [6, 6.07) is 13.0. The molecule has 128 valence electrons. The Kier molecular flexibility index (Phi) is 5.24. The Hall–Kier alpha value is -2.53. The first kappa shape index (κ1) is 17.3. The van der Waals surface area contributed by atoms with Crippen molar-refractivity contribution < 1.29 is 4.39 Å². The number of hydrogen-bond acceptors (Lipinski definition) is 3. The highest BCUT2D eigenvalue weighted by Crippen LogP contribution is 2.23. The summed E-state index contributed by atoms with van der Waals surface area (Å²) in [7, 11) is 0. The monoisotopic (exact) mass is 353 g/mol. The molecule has 0 atom stereocenters. The van der Waals surface area contributed by atoms with Gasteiger partial charge in [-0.3, -0.25) is 4.99 Å². The Bertz CT molecular complexity index is 983. The van der Waals surface area contributed by atoms with E-state index in [0.717, 1.165) is 15.9 Å². The lowest BCUT2D eigenvalue weighted by molar-refractivity contribution is 0.629. The highest BCUT2D eigenvalue weighted by Gasteiger charge is 2.11. The topological polar surface area (TPSA) is 29.6 Å².